The number of aromatic nitrogens is 6. The number of nitrogens with zero attached hydrogens (tertiary/aromatic N) is 6. The minimum atomic E-state index is -3.22. The summed E-state index contributed by atoms with van der Waals surface area (Å²) in [6, 6.07) is 8.58. The summed E-state index contributed by atoms with van der Waals surface area (Å²) in [4.78, 5) is 35.7. The highest BCUT2D eigenvalue weighted by atomic mass is 79.9. The van der Waals surface area contributed by atoms with Gasteiger partial charge in [-0.25, -0.2) is 64.4 Å². The number of rotatable bonds is 7. The minimum absolute atomic E-state index is 0. The van der Waals surface area contributed by atoms with E-state index in [1.54, 1.807) is 12.1 Å². The van der Waals surface area contributed by atoms with Crippen LogP contribution in [0.2, 0.25) is 5.15 Å². The fourth-order valence-corrected chi connectivity index (χ4v) is 8.70. The molecule has 0 saturated carbocycles. The Morgan fingerprint density at radius 3 is 1.72 bits per heavy atom. The van der Waals surface area contributed by atoms with Crippen LogP contribution in [0.5, 0.6) is 0 Å². The van der Waals surface area contributed by atoms with Crippen molar-refractivity contribution in [2.75, 3.05) is 56.7 Å². The monoisotopic (exact) mass is 1310 g/mol. The molecule has 0 spiro atoms. The number of fused-ring (bicyclic) bond motifs is 3. The van der Waals surface area contributed by atoms with Crippen LogP contribution in [-0.2, 0) is 24.6 Å². The molecule has 2 saturated heterocycles. The average molecular weight is 1320 g/mol. The van der Waals surface area contributed by atoms with Gasteiger partial charge >= 0.3 is 5.20 Å². The Bertz CT molecular complexity index is 3000. The van der Waals surface area contributed by atoms with Gasteiger partial charge in [0.2, 0.25) is 20.0 Å². The third-order valence-corrected chi connectivity index (χ3v) is 13.0. The first-order valence-electron chi connectivity index (χ1n) is 19.5. The highest BCUT2D eigenvalue weighted by Gasteiger charge is 2.24. The molecule has 3 aromatic heterocycles. The van der Waals surface area contributed by atoms with Crippen LogP contribution in [0, 0.1) is 29.3 Å². The van der Waals surface area contributed by atoms with E-state index in [1.807, 2.05) is 0 Å². The molecule has 2 atom stereocenters. The van der Waals surface area contributed by atoms with Crippen molar-refractivity contribution in [2.24, 2.45) is 11.8 Å². The van der Waals surface area contributed by atoms with Crippen molar-refractivity contribution in [3.05, 3.63) is 102 Å². The molecule has 2 unspecified atom stereocenters. The van der Waals surface area contributed by atoms with Gasteiger partial charge in [-0.1, -0.05) is 19.0 Å². The van der Waals surface area contributed by atoms with Crippen molar-refractivity contribution in [2.45, 2.75) is 33.1 Å². The van der Waals surface area contributed by atoms with Crippen molar-refractivity contribution in [1.82, 2.24) is 44.7 Å². The maximum Gasteiger partial charge on any atom is 0.339 e. The molecular formula is C39H46Br3Cl5F3N10O6PS2. The summed E-state index contributed by atoms with van der Waals surface area (Å²) < 4.78 is 99.7. The summed E-state index contributed by atoms with van der Waals surface area (Å²) in [5, 5.41) is 1.71. The van der Waals surface area contributed by atoms with E-state index in [0.29, 0.717) is 72.1 Å². The lowest BCUT2D eigenvalue weighted by Gasteiger charge is -2.34. The molecule has 4 N–H and O–H groups in total. The van der Waals surface area contributed by atoms with Gasteiger partial charge in [0, 0.05) is 37.0 Å². The largest absolute Gasteiger partial charge is 0.356 e. The van der Waals surface area contributed by atoms with Gasteiger partial charge in [-0.15, -0.1) is 12.4 Å². The van der Waals surface area contributed by atoms with Crippen LogP contribution in [0.3, 0.4) is 0 Å². The van der Waals surface area contributed by atoms with Crippen LogP contribution in [0.1, 0.15) is 33.1 Å². The van der Waals surface area contributed by atoms with Crippen molar-refractivity contribution in [3.63, 3.8) is 0 Å². The predicted octanol–water partition coefficient (Wildman–Crippen LogP) is 10.7. The molecule has 30 heteroatoms. The second-order valence-corrected chi connectivity index (χ2v) is 28.0. The van der Waals surface area contributed by atoms with Crippen molar-refractivity contribution >= 4 is 169 Å². The maximum absolute atomic E-state index is 13.9. The second kappa shape index (κ2) is 29.0. The Kier molecular flexibility index (Phi) is 26.5. The molecule has 5 heterocycles. The summed E-state index contributed by atoms with van der Waals surface area (Å²) >= 11 is 28.8. The number of nitrogens with one attached hydrogen (secondary N) is 4. The van der Waals surface area contributed by atoms with Crippen LogP contribution < -0.4 is 25.2 Å². The molecular weight excluding hydrogens is 1270 g/mol. The van der Waals surface area contributed by atoms with Crippen LogP contribution in [0.15, 0.2) is 73.6 Å². The second-order valence-electron chi connectivity index (χ2n) is 14.8. The van der Waals surface area contributed by atoms with Crippen molar-refractivity contribution < 1.29 is 34.6 Å². The smallest absolute Gasteiger partial charge is 0.339 e. The Balaban J connectivity index is 0.000000315. The zero-order valence-corrected chi connectivity index (χ0v) is 46.6. The Morgan fingerprint density at radius 2 is 1.20 bits per heavy atom. The van der Waals surface area contributed by atoms with Crippen LogP contribution >= 0.6 is 111 Å². The molecule has 0 aliphatic carbocycles. The molecule has 382 valence electrons. The van der Waals surface area contributed by atoms with Gasteiger partial charge in [0.1, 0.15) is 41.1 Å². The summed E-state index contributed by atoms with van der Waals surface area (Å²) in [5.41, 5.74) is 1.42. The van der Waals surface area contributed by atoms with Crippen molar-refractivity contribution in [3.8, 4) is 0 Å². The lowest BCUT2D eigenvalue weighted by molar-refractivity contribution is 0.376. The first kappa shape index (κ1) is 63.1. The summed E-state index contributed by atoms with van der Waals surface area (Å²) in [5.74, 6) is 0.156. The highest BCUT2D eigenvalue weighted by Crippen LogP contribution is 2.61. The molecule has 8 rings (SSSR count). The minimum Gasteiger partial charge on any atom is -0.356 e. The fraction of sp³-hybridized carbons (Fsp3) is 0.385. The predicted molar refractivity (Wildman–Crippen MR) is 285 cm³/mol. The maximum atomic E-state index is 13.9. The standard InChI is InChI=1S/C15H18BrFN4O2S.C8H3BrClFN2.C8H4BrFN2O.C7H16N2O2S.CH4.Cl3OP.ClH/c1-24(22,23)20-7-10-3-2-4-21(8-10)15-11-5-13(17)12(16)6-14(11)18-9-19-15;9-5-2-7-4(1-6(5)11)8(10)13-3-12-7;9-5-2-7-4(1-6(5)10)8(13)12-3-11-7;1-12(10,11)9-6-7-3-2-4-8-5-7;;1-5(2,3)4;/h5-6,9-10,20H,2-4,7-8H2,1H3;1-3H;1-3H,(H,11,12,13);7-9H,2-6H2,1H3;1H4;;1H. The summed E-state index contributed by atoms with van der Waals surface area (Å²) in [6.45, 7) is 4.45. The number of hydrogen-bond donors (Lipinski definition) is 4. The first-order valence-corrected chi connectivity index (χ1v) is 30.5. The van der Waals surface area contributed by atoms with Crippen LogP contribution in [-0.4, -0.2) is 98.5 Å². The zero-order valence-electron chi connectivity index (χ0n) is 35.5. The summed E-state index contributed by atoms with van der Waals surface area (Å²) in [6.07, 6.45) is 10.6. The Morgan fingerprint density at radius 1 is 0.739 bits per heavy atom. The number of H-pyrrole nitrogens is 1. The van der Waals surface area contributed by atoms with E-state index in [0.717, 1.165) is 57.6 Å². The molecule has 2 aliphatic heterocycles. The Labute approximate surface area is 448 Å². The number of anilines is 1. The van der Waals surface area contributed by atoms with E-state index >= 15 is 0 Å². The van der Waals surface area contributed by atoms with E-state index in [-0.39, 0.29) is 53.5 Å². The number of halogens is 11. The van der Waals surface area contributed by atoms with E-state index in [2.05, 4.69) is 131 Å². The molecule has 0 radical (unpaired) electrons. The number of hydrogen-bond acceptors (Lipinski definition) is 13. The third-order valence-electron chi connectivity index (χ3n) is 9.45. The van der Waals surface area contributed by atoms with Gasteiger partial charge in [-0.3, -0.25) is 9.36 Å². The van der Waals surface area contributed by atoms with E-state index in [4.69, 9.17) is 11.6 Å². The van der Waals surface area contributed by atoms with E-state index in [1.165, 1.54) is 43.4 Å². The molecule has 0 bridgehead atoms. The van der Waals surface area contributed by atoms with Gasteiger partial charge in [0.05, 0.1) is 54.2 Å². The average Bonchev–Trinajstić information content (AvgIpc) is 3.24. The van der Waals surface area contributed by atoms with Gasteiger partial charge in [0.15, 0.2) is 0 Å². The Hall–Kier alpha value is -2.03. The molecule has 69 heavy (non-hydrogen) atoms. The normalized spacial score (nSPS) is 15.9. The van der Waals surface area contributed by atoms with Gasteiger partial charge in [-0.2, -0.15) is 0 Å². The lowest BCUT2D eigenvalue weighted by atomic mass is 9.98. The lowest BCUT2D eigenvalue weighted by Crippen LogP contribution is -2.41. The first-order chi connectivity index (χ1) is 31.3. The molecule has 2 aliphatic rings. The molecule has 3 aromatic carbocycles. The zero-order chi connectivity index (χ0) is 49.7. The number of piperidine rings is 2. The fourth-order valence-electron chi connectivity index (χ4n) is 6.43. The van der Waals surface area contributed by atoms with Gasteiger partial charge < -0.3 is 15.2 Å². The number of sulfonamides is 2. The van der Waals surface area contributed by atoms with E-state index in [9.17, 15) is 39.4 Å². The van der Waals surface area contributed by atoms with E-state index < -0.39 is 31.1 Å². The highest BCUT2D eigenvalue weighted by molar-refractivity contribution is 9.11. The summed E-state index contributed by atoms with van der Waals surface area (Å²) in [7, 11) is -6.20. The molecule has 16 nitrogen and oxygen atoms in total. The third kappa shape index (κ3) is 22.3. The molecule has 6 aromatic rings. The molecule has 0 amide bonds. The molecule has 2 fully saturated rings. The SMILES string of the molecule is C.CS(=O)(=O)NCC1CCCN(c2ncnc3cc(Br)c(F)cc23)C1.CS(=O)(=O)NCC1CCCNC1.Cl.Fc1cc2c(Cl)ncnc2cc1Br.O=P(Cl)(Cl)Cl.O=c1[nH]cnc2cc(Br)c(F)cc12. The van der Waals surface area contributed by atoms with Gasteiger partial charge in [0.25, 0.3) is 5.56 Å². The topological polar surface area (TPSA) is 222 Å². The quantitative estimate of drug-likeness (QED) is 0.0864. The number of benzene rings is 3. The number of aromatic amines is 1. The van der Waals surface area contributed by atoms with Gasteiger partial charge in [-0.05, 0) is 169 Å². The van der Waals surface area contributed by atoms with Crippen LogP contribution in [0.25, 0.3) is 32.7 Å². The van der Waals surface area contributed by atoms with Crippen molar-refractivity contribution in [1.29, 1.82) is 0 Å². The van der Waals surface area contributed by atoms with Crippen LogP contribution in [0.4, 0.5) is 19.0 Å².